The van der Waals surface area contributed by atoms with E-state index < -0.39 is 0 Å². The van der Waals surface area contributed by atoms with Gasteiger partial charge in [-0.1, -0.05) is 31.2 Å². The van der Waals surface area contributed by atoms with Crippen LogP contribution in [0.4, 0.5) is 0 Å². The van der Waals surface area contributed by atoms with E-state index in [9.17, 15) is 0 Å². The van der Waals surface area contributed by atoms with Crippen LogP contribution in [0, 0.1) is 30.1 Å². The molecule has 0 radical (unpaired) electrons. The van der Waals surface area contributed by atoms with Gasteiger partial charge in [-0.05, 0) is 73.3 Å². The van der Waals surface area contributed by atoms with E-state index in [0.717, 1.165) is 30.3 Å². The molecule has 5 aliphatic rings. The SMILES string of the molecule is Cc1ccccc1CN1CCSC1CNC1C2CC3CC1CC(C)(C3)C2. The molecule has 2 nitrogen and oxygen atoms in total. The van der Waals surface area contributed by atoms with Crippen molar-refractivity contribution in [2.75, 3.05) is 18.8 Å². The molecule has 1 heterocycles. The van der Waals surface area contributed by atoms with Gasteiger partial charge in [0.1, 0.15) is 0 Å². The third-order valence-corrected chi connectivity index (χ3v) is 9.11. The Morgan fingerprint density at radius 3 is 2.65 bits per heavy atom. The Hall–Kier alpha value is -0.510. The van der Waals surface area contributed by atoms with Crippen LogP contribution >= 0.6 is 11.8 Å². The Kier molecular flexibility index (Phi) is 4.62. The molecule has 0 amide bonds. The van der Waals surface area contributed by atoms with Crippen LogP contribution in [-0.4, -0.2) is 35.2 Å². The number of hydrogen-bond donors (Lipinski definition) is 1. The smallest absolute Gasteiger partial charge is 0.0687 e. The summed E-state index contributed by atoms with van der Waals surface area (Å²) in [6.45, 7) is 8.36. The van der Waals surface area contributed by atoms with Crippen molar-refractivity contribution in [2.24, 2.45) is 23.2 Å². The molecule has 3 unspecified atom stereocenters. The van der Waals surface area contributed by atoms with Gasteiger partial charge < -0.3 is 5.32 Å². The van der Waals surface area contributed by atoms with E-state index in [0.29, 0.717) is 10.8 Å². The highest BCUT2D eigenvalue weighted by molar-refractivity contribution is 8.00. The summed E-state index contributed by atoms with van der Waals surface area (Å²) in [7, 11) is 0. The molecule has 1 N–H and O–H groups in total. The molecule has 0 spiro atoms. The molecule has 3 atom stereocenters. The maximum Gasteiger partial charge on any atom is 0.0687 e. The average molecular weight is 371 g/mol. The van der Waals surface area contributed by atoms with Gasteiger partial charge in [0.05, 0.1) is 5.37 Å². The van der Waals surface area contributed by atoms with Crippen molar-refractivity contribution in [1.29, 1.82) is 0 Å². The lowest BCUT2D eigenvalue weighted by molar-refractivity contribution is -0.0669. The predicted octanol–water partition coefficient (Wildman–Crippen LogP) is 4.67. The van der Waals surface area contributed by atoms with Crippen LogP contribution in [0.3, 0.4) is 0 Å². The molecular formula is C23H34N2S. The number of nitrogens with one attached hydrogen (secondary N) is 1. The Bertz CT molecular complexity index is 643. The number of thioether (sulfide) groups is 1. The summed E-state index contributed by atoms with van der Waals surface area (Å²) in [6, 6.07) is 9.71. The second-order valence-electron chi connectivity index (χ2n) is 9.94. The van der Waals surface area contributed by atoms with E-state index in [1.807, 2.05) is 0 Å². The molecule has 6 rings (SSSR count). The van der Waals surface area contributed by atoms with Crippen molar-refractivity contribution < 1.29 is 0 Å². The topological polar surface area (TPSA) is 15.3 Å². The summed E-state index contributed by atoms with van der Waals surface area (Å²) < 4.78 is 0. The summed E-state index contributed by atoms with van der Waals surface area (Å²) in [4.78, 5) is 2.71. The van der Waals surface area contributed by atoms with Gasteiger partial charge in [0, 0.05) is 31.4 Å². The molecule has 1 aliphatic heterocycles. The normalized spacial score (nSPS) is 41.8. The molecule has 4 bridgehead atoms. The second-order valence-corrected chi connectivity index (χ2v) is 11.2. The van der Waals surface area contributed by atoms with Gasteiger partial charge in [-0.15, -0.1) is 11.8 Å². The molecule has 1 saturated heterocycles. The van der Waals surface area contributed by atoms with Gasteiger partial charge in [0.25, 0.3) is 0 Å². The van der Waals surface area contributed by atoms with E-state index in [4.69, 9.17) is 0 Å². The standard InChI is InChI=1S/C23H34N2S/c1-16-5-3-4-6-18(16)15-25-7-8-26-21(25)14-24-22-19-9-17-10-20(22)13-23(2,11-17)12-19/h3-6,17,19-22,24H,7-15H2,1-2H3. The monoisotopic (exact) mass is 370 g/mol. The van der Waals surface area contributed by atoms with E-state index in [2.05, 4.69) is 60.1 Å². The van der Waals surface area contributed by atoms with Crippen LogP contribution in [0.15, 0.2) is 24.3 Å². The first-order valence-corrected chi connectivity index (χ1v) is 11.8. The summed E-state index contributed by atoms with van der Waals surface area (Å²) >= 11 is 2.16. The van der Waals surface area contributed by atoms with Crippen LogP contribution in [0.1, 0.15) is 50.2 Å². The second kappa shape index (κ2) is 6.83. The van der Waals surface area contributed by atoms with Crippen molar-refractivity contribution in [2.45, 2.75) is 63.9 Å². The van der Waals surface area contributed by atoms with Crippen LogP contribution in [0.5, 0.6) is 0 Å². The van der Waals surface area contributed by atoms with Crippen molar-refractivity contribution in [1.82, 2.24) is 10.2 Å². The van der Waals surface area contributed by atoms with Gasteiger partial charge in [-0.2, -0.15) is 0 Å². The maximum atomic E-state index is 4.09. The lowest BCUT2D eigenvalue weighted by Crippen LogP contribution is -2.58. The van der Waals surface area contributed by atoms with Gasteiger partial charge in [0.2, 0.25) is 0 Å². The predicted molar refractivity (Wildman–Crippen MR) is 111 cm³/mol. The molecule has 142 valence electrons. The maximum absolute atomic E-state index is 4.09. The minimum Gasteiger partial charge on any atom is -0.311 e. The first kappa shape index (κ1) is 17.6. The molecular weight excluding hydrogens is 336 g/mol. The van der Waals surface area contributed by atoms with Crippen molar-refractivity contribution in [3.63, 3.8) is 0 Å². The average Bonchev–Trinajstić information content (AvgIpc) is 3.02. The Morgan fingerprint density at radius 1 is 1.15 bits per heavy atom. The summed E-state index contributed by atoms with van der Waals surface area (Å²) in [5.41, 5.74) is 3.63. The minimum absolute atomic E-state index is 0.655. The highest BCUT2D eigenvalue weighted by atomic mass is 32.2. The van der Waals surface area contributed by atoms with Crippen molar-refractivity contribution >= 4 is 11.8 Å². The van der Waals surface area contributed by atoms with Crippen LogP contribution < -0.4 is 5.32 Å². The number of hydrogen-bond acceptors (Lipinski definition) is 3. The van der Waals surface area contributed by atoms with E-state index in [1.54, 1.807) is 0 Å². The van der Waals surface area contributed by atoms with Crippen molar-refractivity contribution in [3.05, 3.63) is 35.4 Å². The van der Waals surface area contributed by atoms with E-state index in [-0.39, 0.29) is 0 Å². The van der Waals surface area contributed by atoms with E-state index >= 15 is 0 Å². The third kappa shape index (κ3) is 3.25. The van der Waals surface area contributed by atoms with Crippen LogP contribution in [0.25, 0.3) is 0 Å². The molecule has 1 aromatic rings. The Labute approximate surface area is 163 Å². The fourth-order valence-electron chi connectivity index (χ4n) is 6.93. The zero-order valence-corrected chi connectivity index (χ0v) is 17.2. The first-order valence-electron chi connectivity index (χ1n) is 10.7. The van der Waals surface area contributed by atoms with Crippen LogP contribution in [0.2, 0.25) is 0 Å². The highest BCUT2D eigenvalue weighted by Crippen LogP contribution is 2.59. The minimum atomic E-state index is 0.655. The number of aryl methyl sites for hydroxylation is 1. The lowest BCUT2D eigenvalue weighted by Gasteiger charge is -2.59. The number of rotatable bonds is 5. The lowest BCUT2D eigenvalue weighted by atomic mass is 9.48. The summed E-state index contributed by atoms with van der Waals surface area (Å²) in [6.07, 6.45) is 7.52. The largest absolute Gasteiger partial charge is 0.311 e. The number of benzene rings is 1. The third-order valence-electron chi connectivity index (χ3n) is 7.84. The molecule has 5 fully saturated rings. The molecule has 4 saturated carbocycles. The zero-order chi connectivity index (χ0) is 17.7. The summed E-state index contributed by atoms with van der Waals surface area (Å²) in [5, 5.41) is 4.75. The highest BCUT2D eigenvalue weighted by Gasteiger charge is 2.53. The van der Waals surface area contributed by atoms with Gasteiger partial charge in [0.15, 0.2) is 0 Å². The van der Waals surface area contributed by atoms with Crippen LogP contribution in [-0.2, 0) is 6.54 Å². The number of nitrogens with zero attached hydrogens (tertiary/aromatic N) is 1. The zero-order valence-electron chi connectivity index (χ0n) is 16.4. The Balaban J connectivity index is 1.21. The molecule has 3 heteroatoms. The molecule has 1 aromatic carbocycles. The van der Waals surface area contributed by atoms with E-state index in [1.165, 1.54) is 62.1 Å². The molecule has 4 aliphatic carbocycles. The van der Waals surface area contributed by atoms with Gasteiger partial charge in [-0.3, -0.25) is 4.90 Å². The van der Waals surface area contributed by atoms with Gasteiger partial charge in [-0.25, -0.2) is 0 Å². The van der Waals surface area contributed by atoms with Gasteiger partial charge >= 0.3 is 0 Å². The molecule has 26 heavy (non-hydrogen) atoms. The summed E-state index contributed by atoms with van der Waals surface area (Å²) in [5.74, 6) is 4.26. The fraction of sp³-hybridized carbons (Fsp3) is 0.739. The fourth-order valence-corrected chi connectivity index (χ4v) is 8.15. The van der Waals surface area contributed by atoms with Crippen molar-refractivity contribution in [3.8, 4) is 0 Å². The first-order chi connectivity index (χ1) is 12.6. The molecule has 0 aromatic heterocycles. The quantitative estimate of drug-likeness (QED) is 0.810. The Morgan fingerprint density at radius 2 is 1.92 bits per heavy atom.